The van der Waals surface area contributed by atoms with Crippen molar-refractivity contribution in [2.75, 3.05) is 37.6 Å². The van der Waals surface area contributed by atoms with E-state index < -0.39 is 0 Å². The van der Waals surface area contributed by atoms with Crippen molar-refractivity contribution in [2.45, 2.75) is 51.4 Å². The van der Waals surface area contributed by atoms with Gasteiger partial charge in [-0.25, -0.2) is 4.98 Å². The van der Waals surface area contributed by atoms with E-state index in [1.165, 1.54) is 29.8 Å². The van der Waals surface area contributed by atoms with Gasteiger partial charge in [0.25, 0.3) is 0 Å². The minimum absolute atomic E-state index is 0.755. The summed E-state index contributed by atoms with van der Waals surface area (Å²) in [5, 5.41) is 3.35. The molecule has 170 valence electrons. The molecule has 2 aliphatic heterocycles. The molecule has 32 heavy (non-hydrogen) atoms. The molecule has 1 aromatic rings. The number of anilines is 1. The molecule has 1 aromatic heterocycles. The Morgan fingerprint density at radius 3 is 2.78 bits per heavy atom. The molecule has 0 unspecified atom stereocenters. The maximum Gasteiger partial charge on any atom is 0.131 e. The lowest BCUT2D eigenvalue weighted by Gasteiger charge is -2.38. The first kappa shape index (κ1) is 22.4. The predicted octanol–water partition coefficient (Wildman–Crippen LogP) is 4.96. The van der Waals surface area contributed by atoms with Gasteiger partial charge in [0.15, 0.2) is 0 Å². The molecule has 3 aliphatic rings. The van der Waals surface area contributed by atoms with E-state index in [4.69, 9.17) is 4.98 Å². The SMILES string of the molecule is C=C1CCCN=CC=CC(C(=C)N2CCN(c3ncc(C4CC4)cc3CCC)CC2)=CN1. The number of rotatable bonds is 6. The molecule has 4 rings (SSSR count). The minimum atomic E-state index is 0.755. The number of nitrogens with one attached hydrogen (secondary N) is 1. The zero-order chi connectivity index (χ0) is 22.3. The molecule has 1 aliphatic carbocycles. The molecule has 0 bridgehead atoms. The van der Waals surface area contributed by atoms with Crippen LogP contribution in [0, 0.1) is 0 Å². The average Bonchev–Trinajstić information content (AvgIpc) is 3.65. The van der Waals surface area contributed by atoms with Crippen LogP contribution in [0.1, 0.15) is 56.1 Å². The third kappa shape index (κ3) is 5.70. The highest BCUT2D eigenvalue weighted by Crippen LogP contribution is 2.41. The molecule has 0 atom stereocenters. The summed E-state index contributed by atoms with van der Waals surface area (Å²) in [6, 6.07) is 2.42. The Morgan fingerprint density at radius 1 is 1.22 bits per heavy atom. The number of pyridine rings is 1. The number of aliphatic imine (C=N–C) groups is 1. The summed E-state index contributed by atoms with van der Waals surface area (Å²) in [4.78, 5) is 14.2. The highest BCUT2D eigenvalue weighted by molar-refractivity contribution is 5.72. The van der Waals surface area contributed by atoms with Crippen LogP contribution in [-0.4, -0.2) is 48.8 Å². The lowest BCUT2D eigenvalue weighted by Crippen LogP contribution is -2.46. The van der Waals surface area contributed by atoms with E-state index in [2.05, 4.69) is 58.5 Å². The largest absolute Gasteiger partial charge is 0.368 e. The Labute approximate surface area is 193 Å². The highest BCUT2D eigenvalue weighted by atomic mass is 15.3. The molecule has 2 fully saturated rings. The summed E-state index contributed by atoms with van der Waals surface area (Å²) in [5.41, 5.74) is 5.99. The fourth-order valence-corrected chi connectivity index (χ4v) is 4.42. The molecular formula is C27H37N5. The van der Waals surface area contributed by atoms with Crippen molar-refractivity contribution >= 4 is 12.0 Å². The fourth-order valence-electron chi connectivity index (χ4n) is 4.42. The van der Waals surface area contributed by atoms with Gasteiger partial charge in [-0.05, 0) is 61.3 Å². The van der Waals surface area contributed by atoms with Gasteiger partial charge in [0.2, 0.25) is 0 Å². The van der Waals surface area contributed by atoms with Gasteiger partial charge in [0.05, 0.1) is 0 Å². The summed E-state index contributed by atoms with van der Waals surface area (Å²) in [7, 11) is 0. The van der Waals surface area contributed by atoms with Crippen molar-refractivity contribution in [3.05, 3.63) is 71.9 Å². The molecule has 0 amide bonds. The molecule has 3 heterocycles. The number of hydrogen-bond donors (Lipinski definition) is 1. The second-order valence-electron chi connectivity index (χ2n) is 9.06. The third-order valence-corrected chi connectivity index (χ3v) is 6.49. The highest BCUT2D eigenvalue weighted by Gasteiger charge is 2.26. The van der Waals surface area contributed by atoms with E-state index >= 15 is 0 Å². The number of aryl methyl sites for hydroxylation is 1. The zero-order valence-corrected chi connectivity index (χ0v) is 19.5. The van der Waals surface area contributed by atoms with Crippen molar-refractivity contribution in [1.82, 2.24) is 15.2 Å². The fraction of sp³-hybridized carbons (Fsp3) is 0.481. The lowest BCUT2D eigenvalue weighted by molar-refractivity contribution is 0.327. The second kappa shape index (κ2) is 10.7. The van der Waals surface area contributed by atoms with Crippen LogP contribution in [0.25, 0.3) is 0 Å². The van der Waals surface area contributed by atoms with Crippen molar-refractivity contribution in [1.29, 1.82) is 0 Å². The monoisotopic (exact) mass is 431 g/mol. The van der Waals surface area contributed by atoms with Crippen LogP contribution in [0.4, 0.5) is 5.82 Å². The summed E-state index contributed by atoms with van der Waals surface area (Å²) >= 11 is 0. The van der Waals surface area contributed by atoms with Crippen LogP contribution >= 0.6 is 0 Å². The van der Waals surface area contributed by atoms with Crippen LogP contribution in [0.3, 0.4) is 0 Å². The Balaban J connectivity index is 1.42. The van der Waals surface area contributed by atoms with E-state index in [0.29, 0.717) is 0 Å². The Kier molecular flexibility index (Phi) is 7.46. The van der Waals surface area contributed by atoms with E-state index in [1.807, 2.05) is 18.5 Å². The van der Waals surface area contributed by atoms with Gasteiger partial charge in [0.1, 0.15) is 5.82 Å². The topological polar surface area (TPSA) is 43.8 Å². The summed E-state index contributed by atoms with van der Waals surface area (Å²) in [6.07, 6.45) is 17.0. The van der Waals surface area contributed by atoms with Crippen LogP contribution in [-0.2, 0) is 6.42 Å². The van der Waals surface area contributed by atoms with Gasteiger partial charge in [-0.15, -0.1) is 0 Å². The van der Waals surface area contributed by atoms with Crippen LogP contribution < -0.4 is 10.2 Å². The first-order valence-electron chi connectivity index (χ1n) is 12.1. The number of hydrogen-bond acceptors (Lipinski definition) is 5. The molecule has 1 saturated heterocycles. The maximum absolute atomic E-state index is 4.93. The minimum Gasteiger partial charge on any atom is -0.368 e. The normalized spacial score (nSPS) is 19.9. The van der Waals surface area contributed by atoms with Gasteiger partial charge < -0.3 is 15.1 Å². The lowest BCUT2D eigenvalue weighted by atomic mass is 10.1. The van der Waals surface area contributed by atoms with E-state index in [9.17, 15) is 0 Å². The number of nitrogens with zero attached hydrogens (tertiary/aromatic N) is 4. The van der Waals surface area contributed by atoms with Crippen molar-refractivity contribution in [3.8, 4) is 0 Å². The maximum atomic E-state index is 4.93. The zero-order valence-electron chi connectivity index (χ0n) is 19.5. The van der Waals surface area contributed by atoms with E-state index in [-0.39, 0.29) is 0 Å². The molecule has 1 saturated carbocycles. The van der Waals surface area contributed by atoms with Crippen LogP contribution in [0.5, 0.6) is 0 Å². The van der Waals surface area contributed by atoms with Crippen molar-refractivity contribution < 1.29 is 0 Å². The van der Waals surface area contributed by atoms with Crippen LogP contribution in [0.2, 0.25) is 0 Å². The molecular weight excluding hydrogens is 394 g/mol. The molecule has 5 heteroatoms. The molecule has 0 radical (unpaired) electrons. The van der Waals surface area contributed by atoms with E-state index in [1.54, 1.807) is 0 Å². The van der Waals surface area contributed by atoms with Gasteiger partial charge in [-0.3, -0.25) is 4.99 Å². The Morgan fingerprint density at radius 2 is 2.03 bits per heavy atom. The third-order valence-electron chi connectivity index (χ3n) is 6.49. The van der Waals surface area contributed by atoms with Crippen LogP contribution in [0.15, 0.2) is 65.7 Å². The van der Waals surface area contributed by atoms with Gasteiger partial charge in [-0.2, -0.15) is 0 Å². The molecule has 0 spiro atoms. The van der Waals surface area contributed by atoms with Gasteiger partial charge in [-0.1, -0.05) is 32.6 Å². The summed E-state index contributed by atoms with van der Waals surface area (Å²) in [5.74, 6) is 1.94. The number of aromatic nitrogens is 1. The number of piperazine rings is 1. The van der Waals surface area contributed by atoms with E-state index in [0.717, 1.165) is 81.3 Å². The first-order valence-corrected chi connectivity index (χ1v) is 12.1. The average molecular weight is 432 g/mol. The first-order chi connectivity index (χ1) is 15.7. The van der Waals surface area contributed by atoms with Crippen molar-refractivity contribution in [2.24, 2.45) is 4.99 Å². The predicted molar refractivity (Wildman–Crippen MR) is 135 cm³/mol. The number of allylic oxidation sites excluding steroid dienone is 3. The second-order valence-corrected chi connectivity index (χ2v) is 9.06. The molecule has 5 nitrogen and oxygen atoms in total. The Hall–Kier alpha value is -2.82. The smallest absolute Gasteiger partial charge is 0.131 e. The standard InChI is InChI=1S/C27H37N5/c1-4-7-24-18-26(23-10-11-23)20-30-27(24)32-16-14-31(15-17-32)22(3)25-9-6-13-28-12-5-8-21(2)29-19-25/h6,9,13,18-20,23,29H,2-5,7-8,10-12,14-17H2,1H3. The van der Waals surface area contributed by atoms with Gasteiger partial charge in [0, 0.05) is 68.3 Å². The quantitative estimate of drug-likeness (QED) is 0.692. The van der Waals surface area contributed by atoms with Gasteiger partial charge >= 0.3 is 0 Å². The summed E-state index contributed by atoms with van der Waals surface area (Å²) < 4.78 is 0. The van der Waals surface area contributed by atoms with Crippen molar-refractivity contribution in [3.63, 3.8) is 0 Å². The molecule has 1 N–H and O–H groups in total. The molecule has 0 aromatic carbocycles. The summed E-state index contributed by atoms with van der Waals surface area (Å²) in [6.45, 7) is 15.4. The Bertz CT molecular complexity index is 914.